The third kappa shape index (κ3) is 7.34. The highest BCUT2D eigenvalue weighted by Crippen LogP contribution is 2.27. The van der Waals surface area contributed by atoms with Gasteiger partial charge in [0.2, 0.25) is 0 Å². The minimum atomic E-state index is -4.07. The molecule has 1 amide bonds. The van der Waals surface area contributed by atoms with Gasteiger partial charge < -0.3 is 9.47 Å². The van der Waals surface area contributed by atoms with Gasteiger partial charge in [-0.1, -0.05) is 12.1 Å². The molecule has 11 heteroatoms. The number of thioether (sulfide) groups is 1. The van der Waals surface area contributed by atoms with Crippen LogP contribution in [0.15, 0.2) is 87.7 Å². The Labute approximate surface area is 220 Å². The quantitative estimate of drug-likeness (QED) is 0.169. The van der Waals surface area contributed by atoms with Crippen LogP contribution in [0.2, 0.25) is 0 Å². The first-order valence-electron chi connectivity index (χ1n) is 11.2. The van der Waals surface area contributed by atoms with Crippen LogP contribution in [-0.4, -0.2) is 53.0 Å². The number of methoxy groups -OCH3 is 1. The van der Waals surface area contributed by atoms with Crippen LogP contribution in [-0.2, 0) is 19.6 Å². The van der Waals surface area contributed by atoms with Crippen molar-refractivity contribution in [3.8, 4) is 5.75 Å². The molecule has 0 atom stereocenters. The Kier molecular flexibility index (Phi) is 9.70. The van der Waals surface area contributed by atoms with E-state index in [1.54, 1.807) is 60.7 Å². The van der Waals surface area contributed by atoms with Gasteiger partial charge in [0.25, 0.3) is 15.9 Å². The van der Waals surface area contributed by atoms with E-state index in [4.69, 9.17) is 4.74 Å². The summed E-state index contributed by atoms with van der Waals surface area (Å²) in [7, 11) is -2.77. The number of amides is 1. The number of sulfonamides is 1. The molecule has 0 heterocycles. The van der Waals surface area contributed by atoms with E-state index in [2.05, 4.69) is 15.3 Å². The smallest absolute Gasteiger partial charge is 0.337 e. The number of carbonyl (C=O) groups is 2. The molecule has 0 aliphatic heterocycles. The number of hydrogen-bond acceptors (Lipinski definition) is 8. The normalized spacial score (nSPS) is 11.2. The molecular weight excluding hydrogens is 514 g/mol. The Morgan fingerprint density at radius 3 is 2.22 bits per heavy atom. The van der Waals surface area contributed by atoms with E-state index in [0.29, 0.717) is 29.2 Å². The van der Waals surface area contributed by atoms with Crippen molar-refractivity contribution >= 4 is 45.6 Å². The first-order valence-corrected chi connectivity index (χ1v) is 13.8. The van der Waals surface area contributed by atoms with Gasteiger partial charge in [-0.3, -0.25) is 9.10 Å². The average molecular weight is 542 g/mol. The summed E-state index contributed by atoms with van der Waals surface area (Å²) >= 11 is 1.50. The lowest BCUT2D eigenvalue weighted by Gasteiger charge is -2.24. The minimum Gasteiger partial charge on any atom is -0.494 e. The molecule has 0 saturated heterocycles. The molecule has 0 radical (unpaired) electrons. The summed E-state index contributed by atoms with van der Waals surface area (Å²) in [6.07, 6.45) is 3.28. The van der Waals surface area contributed by atoms with Gasteiger partial charge in [0.15, 0.2) is 0 Å². The number of nitrogens with zero attached hydrogens (tertiary/aromatic N) is 2. The highest BCUT2D eigenvalue weighted by molar-refractivity contribution is 7.98. The second-order valence-corrected chi connectivity index (χ2v) is 10.3. The van der Waals surface area contributed by atoms with Crippen LogP contribution >= 0.6 is 11.8 Å². The second kappa shape index (κ2) is 12.9. The predicted octanol–water partition coefficient (Wildman–Crippen LogP) is 3.94. The summed E-state index contributed by atoms with van der Waals surface area (Å²) in [4.78, 5) is 25.2. The van der Waals surface area contributed by atoms with Crippen LogP contribution in [0.4, 0.5) is 5.69 Å². The Morgan fingerprint density at radius 2 is 1.65 bits per heavy atom. The van der Waals surface area contributed by atoms with Crippen LogP contribution in [0.25, 0.3) is 0 Å². The monoisotopic (exact) mass is 541 g/mol. The molecule has 0 aliphatic rings. The maximum absolute atomic E-state index is 13.5. The Bertz CT molecular complexity index is 1340. The van der Waals surface area contributed by atoms with Crippen molar-refractivity contribution in [2.24, 2.45) is 5.10 Å². The molecule has 0 bridgehead atoms. The summed E-state index contributed by atoms with van der Waals surface area (Å²) < 4.78 is 38.2. The molecule has 3 aromatic rings. The highest BCUT2D eigenvalue weighted by Gasteiger charge is 2.27. The molecule has 0 aliphatic carbocycles. The fraction of sp³-hybridized carbons (Fsp3) is 0.192. The Balaban J connectivity index is 1.80. The number of nitrogens with one attached hydrogen (secondary N) is 1. The molecule has 0 saturated carbocycles. The van der Waals surface area contributed by atoms with E-state index >= 15 is 0 Å². The van der Waals surface area contributed by atoms with E-state index in [9.17, 15) is 18.0 Å². The van der Waals surface area contributed by atoms with E-state index in [1.807, 2.05) is 13.2 Å². The first kappa shape index (κ1) is 27.8. The predicted molar refractivity (Wildman–Crippen MR) is 144 cm³/mol. The number of anilines is 1. The van der Waals surface area contributed by atoms with Crippen molar-refractivity contribution in [2.75, 3.05) is 30.8 Å². The number of rotatable bonds is 11. The highest BCUT2D eigenvalue weighted by atomic mass is 32.2. The van der Waals surface area contributed by atoms with Crippen LogP contribution in [0, 0.1) is 0 Å². The van der Waals surface area contributed by atoms with Gasteiger partial charge in [-0.15, -0.1) is 11.8 Å². The number of ether oxygens (including phenoxy) is 2. The number of hydrazone groups is 1. The van der Waals surface area contributed by atoms with Crippen molar-refractivity contribution in [1.29, 1.82) is 0 Å². The van der Waals surface area contributed by atoms with Gasteiger partial charge in [0.1, 0.15) is 12.3 Å². The van der Waals surface area contributed by atoms with Crippen LogP contribution < -0.4 is 14.5 Å². The molecule has 0 aromatic heterocycles. The Morgan fingerprint density at radius 1 is 1.00 bits per heavy atom. The molecule has 37 heavy (non-hydrogen) atoms. The van der Waals surface area contributed by atoms with Crippen molar-refractivity contribution in [1.82, 2.24) is 5.43 Å². The molecular formula is C26H27N3O6S2. The van der Waals surface area contributed by atoms with Crippen molar-refractivity contribution in [3.05, 3.63) is 83.9 Å². The fourth-order valence-corrected chi connectivity index (χ4v) is 5.06. The third-order valence-corrected chi connectivity index (χ3v) is 7.64. The third-order valence-electron chi connectivity index (χ3n) is 5.11. The van der Waals surface area contributed by atoms with Crippen molar-refractivity contribution < 1.29 is 27.5 Å². The van der Waals surface area contributed by atoms with E-state index < -0.39 is 28.4 Å². The number of benzene rings is 3. The molecule has 0 unspecified atom stereocenters. The number of carbonyl (C=O) groups excluding carboxylic acids is 2. The maximum Gasteiger partial charge on any atom is 0.337 e. The summed E-state index contributed by atoms with van der Waals surface area (Å²) in [5, 5.41) is 3.91. The SMILES string of the molecule is CCOc1ccc(N(CC(=O)N/N=C\c2ccc(C(=O)OC)cc2)S(=O)(=O)c2ccc(SC)cc2)cc1. The summed E-state index contributed by atoms with van der Waals surface area (Å²) in [6.45, 7) is 1.81. The van der Waals surface area contributed by atoms with Gasteiger partial charge in [-0.05, 0) is 79.4 Å². The zero-order chi connectivity index (χ0) is 26.8. The summed E-state index contributed by atoms with van der Waals surface area (Å²) in [5.41, 5.74) is 3.66. The standard InChI is InChI=1S/C26H27N3O6S2/c1-4-35-22-11-9-21(10-12-22)29(37(32,33)24-15-13-23(36-3)14-16-24)18-25(30)28-27-17-19-5-7-20(8-6-19)26(31)34-2/h5-17H,4,18H2,1-3H3,(H,28,30)/b27-17-. The van der Waals surface area contributed by atoms with Gasteiger partial charge in [-0.25, -0.2) is 18.6 Å². The zero-order valence-electron chi connectivity index (χ0n) is 20.6. The molecule has 1 N–H and O–H groups in total. The summed E-state index contributed by atoms with van der Waals surface area (Å²) in [6, 6.07) is 19.3. The molecule has 194 valence electrons. The molecule has 9 nitrogen and oxygen atoms in total. The average Bonchev–Trinajstić information content (AvgIpc) is 2.92. The molecule has 3 rings (SSSR count). The van der Waals surface area contributed by atoms with E-state index in [1.165, 1.54) is 37.2 Å². The minimum absolute atomic E-state index is 0.0566. The van der Waals surface area contributed by atoms with Crippen molar-refractivity contribution in [2.45, 2.75) is 16.7 Å². The lowest BCUT2D eigenvalue weighted by atomic mass is 10.1. The largest absolute Gasteiger partial charge is 0.494 e. The Hall–Kier alpha value is -3.83. The number of esters is 1. The molecule has 0 spiro atoms. The fourth-order valence-electron chi connectivity index (χ4n) is 3.23. The van der Waals surface area contributed by atoms with Crippen LogP contribution in [0.1, 0.15) is 22.8 Å². The van der Waals surface area contributed by atoms with E-state index in [-0.39, 0.29) is 4.90 Å². The van der Waals surface area contributed by atoms with Gasteiger partial charge >= 0.3 is 5.97 Å². The summed E-state index contributed by atoms with van der Waals surface area (Å²) in [5.74, 6) is -0.517. The van der Waals surface area contributed by atoms with Gasteiger partial charge in [0, 0.05) is 4.90 Å². The van der Waals surface area contributed by atoms with Gasteiger partial charge in [-0.2, -0.15) is 5.10 Å². The van der Waals surface area contributed by atoms with Gasteiger partial charge in [0.05, 0.1) is 36.1 Å². The zero-order valence-corrected chi connectivity index (χ0v) is 22.2. The maximum atomic E-state index is 13.5. The number of hydrogen-bond donors (Lipinski definition) is 1. The van der Waals surface area contributed by atoms with Crippen LogP contribution in [0.5, 0.6) is 5.75 Å². The lowest BCUT2D eigenvalue weighted by molar-refractivity contribution is -0.119. The van der Waals surface area contributed by atoms with Crippen molar-refractivity contribution in [3.63, 3.8) is 0 Å². The second-order valence-electron chi connectivity index (χ2n) is 7.52. The van der Waals surface area contributed by atoms with Crippen LogP contribution in [0.3, 0.4) is 0 Å². The first-order chi connectivity index (χ1) is 17.8. The molecule has 0 fully saturated rings. The molecule has 3 aromatic carbocycles. The van der Waals surface area contributed by atoms with E-state index in [0.717, 1.165) is 9.20 Å². The topological polar surface area (TPSA) is 114 Å². The lowest BCUT2D eigenvalue weighted by Crippen LogP contribution is -2.39.